The summed E-state index contributed by atoms with van der Waals surface area (Å²) < 4.78 is 10.2. The normalized spacial score (nSPS) is 27.2. The van der Waals surface area contributed by atoms with Crippen molar-refractivity contribution in [3.63, 3.8) is 0 Å². The molecule has 0 bridgehead atoms. The van der Waals surface area contributed by atoms with Crippen LogP contribution in [0.1, 0.15) is 40.0 Å². The van der Waals surface area contributed by atoms with Gasteiger partial charge in [-0.15, -0.1) is 0 Å². The third kappa shape index (κ3) is 4.37. The molecule has 19 heavy (non-hydrogen) atoms. The molecule has 0 spiro atoms. The summed E-state index contributed by atoms with van der Waals surface area (Å²) in [5.74, 6) is -1.25. The molecule has 0 radical (unpaired) electrons. The lowest BCUT2D eigenvalue weighted by Crippen LogP contribution is -2.37. The molecule has 1 aliphatic carbocycles. The Hall–Kier alpha value is -1.32. The minimum Gasteiger partial charge on any atom is -0.466 e. The number of hydrogen-bond acceptors (Lipinski definition) is 4. The number of rotatable bonds is 4. The van der Waals surface area contributed by atoms with Crippen LogP contribution in [0.2, 0.25) is 0 Å². The first-order chi connectivity index (χ1) is 9.11. The van der Waals surface area contributed by atoms with Gasteiger partial charge in [0.05, 0.1) is 25.0 Å². The van der Waals surface area contributed by atoms with Crippen LogP contribution in [0.3, 0.4) is 0 Å². The summed E-state index contributed by atoms with van der Waals surface area (Å²) in [5, 5.41) is 0. The summed E-state index contributed by atoms with van der Waals surface area (Å²) in [7, 11) is 0. The van der Waals surface area contributed by atoms with Crippen molar-refractivity contribution in [1.82, 2.24) is 0 Å². The lowest BCUT2D eigenvalue weighted by atomic mass is 9.77. The average Bonchev–Trinajstić information content (AvgIpc) is 2.34. The fraction of sp³-hybridized carbons (Fsp3) is 0.733. The van der Waals surface area contributed by atoms with E-state index in [4.69, 9.17) is 9.47 Å². The van der Waals surface area contributed by atoms with Gasteiger partial charge in [0, 0.05) is 0 Å². The second-order valence-electron chi connectivity index (χ2n) is 4.90. The molecule has 0 aliphatic heterocycles. The first kappa shape index (κ1) is 15.7. The zero-order valence-electron chi connectivity index (χ0n) is 12.1. The third-order valence-electron chi connectivity index (χ3n) is 3.51. The number of hydrogen-bond donors (Lipinski definition) is 0. The van der Waals surface area contributed by atoms with E-state index in [1.54, 1.807) is 13.8 Å². The van der Waals surface area contributed by atoms with Gasteiger partial charge in [0.25, 0.3) is 0 Å². The molecule has 0 aromatic carbocycles. The summed E-state index contributed by atoms with van der Waals surface area (Å²) in [6.45, 7) is 6.24. The highest BCUT2D eigenvalue weighted by Gasteiger charge is 2.39. The molecular formula is C15H24O4. The largest absolute Gasteiger partial charge is 0.466 e. The van der Waals surface area contributed by atoms with Gasteiger partial charge in [-0.2, -0.15) is 0 Å². The second-order valence-corrected chi connectivity index (χ2v) is 4.90. The van der Waals surface area contributed by atoms with Gasteiger partial charge < -0.3 is 9.47 Å². The van der Waals surface area contributed by atoms with Crippen molar-refractivity contribution in [1.29, 1.82) is 0 Å². The van der Waals surface area contributed by atoms with Crippen LogP contribution in [-0.4, -0.2) is 25.2 Å². The molecule has 0 aromatic heterocycles. The summed E-state index contributed by atoms with van der Waals surface area (Å²) in [6.07, 6.45) is 6.39. The smallest absolute Gasteiger partial charge is 0.310 e. The van der Waals surface area contributed by atoms with E-state index >= 15 is 0 Å². The highest BCUT2D eigenvalue weighted by Crippen LogP contribution is 2.32. The summed E-state index contributed by atoms with van der Waals surface area (Å²) >= 11 is 0. The van der Waals surface area contributed by atoms with Gasteiger partial charge in [-0.25, -0.2) is 0 Å². The second kappa shape index (κ2) is 7.97. The van der Waals surface area contributed by atoms with Crippen LogP contribution in [0.15, 0.2) is 12.2 Å². The lowest BCUT2D eigenvalue weighted by Gasteiger charge is -2.29. The molecule has 0 saturated heterocycles. The zero-order chi connectivity index (χ0) is 14.3. The van der Waals surface area contributed by atoms with E-state index in [2.05, 4.69) is 12.2 Å². The predicted octanol–water partition coefficient (Wildman–Crippen LogP) is 2.72. The van der Waals surface area contributed by atoms with Crippen molar-refractivity contribution in [3.05, 3.63) is 12.2 Å². The van der Waals surface area contributed by atoms with Crippen molar-refractivity contribution >= 4 is 11.9 Å². The molecule has 108 valence electrons. The minimum atomic E-state index is -0.399. The summed E-state index contributed by atoms with van der Waals surface area (Å²) in [6, 6.07) is 0. The third-order valence-corrected chi connectivity index (χ3v) is 3.51. The fourth-order valence-electron chi connectivity index (χ4n) is 2.58. The number of carbonyl (C=O) groups excluding carboxylic acids is 2. The molecule has 1 rings (SSSR count). The Bertz CT molecular complexity index is 335. The molecule has 0 saturated carbocycles. The maximum absolute atomic E-state index is 12.1. The van der Waals surface area contributed by atoms with Gasteiger partial charge in [0.1, 0.15) is 0 Å². The van der Waals surface area contributed by atoms with Crippen molar-refractivity contribution < 1.29 is 19.1 Å². The van der Waals surface area contributed by atoms with Gasteiger partial charge in [-0.3, -0.25) is 9.59 Å². The predicted molar refractivity (Wildman–Crippen MR) is 72.4 cm³/mol. The SMILES string of the molecule is CCOC(=O)C1CCC=CCC(C)C1C(=O)OCC. The van der Waals surface area contributed by atoms with Crippen LogP contribution in [0.25, 0.3) is 0 Å². The van der Waals surface area contributed by atoms with Crippen molar-refractivity contribution in [2.45, 2.75) is 40.0 Å². The average molecular weight is 268 g/mol. The van der Waals surface area contributed by atoms with Gasteiger partial charge in [0.2, 0.25) is 0 Å². The first-order valence-corrected chi connectivity index (χ1v) is 7.10. The quantitative estimate of drug-likeness (QED) is 0.581. The van der Waals surface area contributed by atoms with E-state index in [1.165, 1.54) is 0 Å². The topological polar surface area (TPSA) is 52.6 Å². The van der Waals surface area contributed by atoms with Crippen LogP contribution in [0, 0.1) is 17.8 Å². The molecule has 3 unspecified atom stereocenters. The zero-order valence-corrected chi connectivity index (χ0v) is 12.1. The minimum absolute atomic E-state index is 0.0880. The van der Waals surface area contributed by atoms with Crippen LogP contribution in [-0.2, 0) is 19.1 Å². The van der Waals surface area contributed by atoms with Crippen LogP contribution < -0.4 is 0 Å². The van der Waals surface area contributed by atoms with Crippen molar-refractivity contribution in [2.75, 3.05) is 13.2 Å². The van der Waals surface area contributed by atoms with E-state index in [1.807, 2.05) is 6.92 Å². The van der Waals surface area contributed by atoms with Crippen LogP contribution >= 0.6 is 0 Å². The Balaban J connectivity index is 2.93. The monoisotopic (exact) mass is 268 g/mol. The van der Waals surface area contributed by atoms with E-state index in [0.717, 1.165) is 12.8 Å². The van der Waals surface area contributed by atoms with Gasteiger partial charge in [-0.1, -0.05) is 19.1 Å². The van der Waals surface area contributed by atoms with E-state index in [-0.39, 0.29) is 23.8 Å². The standard InChI is InChI=1S/C15H24O4/c1-4-18-14(16)12-10-8-6-7-9-11(3)13(12)15(17)19-5-2/h6-7,11-13H,4-5,8-10H2,1-3H3. The van der Waals surface area contributed by atoms with Gasteiger partial charge in [0.15, 0.2) is 0 Å². The number of esters is 2. The van der Waals surface area contributed by atoms with E-state index < -0.39 is 5.92 Å². The molecule has 0 N–H and O–H groups in total. The maximum Gasteiger partial charge on any atom is 0.310 e. The molecule has 0 aromatic rings. The molecule has 0 heterocycles. The Morgan fingerprint density at radius 1 is 1.11 bits per heavy atom. The van der Waals surface area contributed by atoms with Crippen LogP contribution in [0.5, 0.6) is 0 Å². The molecule has 3 atom stereocenters. The molecular weight excluding hydrogens is 244 g/mol. The molecule has 4 heteroatoms. The summed E-state index contributed by atoms with van der Waals surface area (Å²) in [4.78, 5) is 24.2. The highest BCUT2D eigenvalue weighted by molar-refractivity contribution is 5.82. The molecule has 0 amide bonds. The highest BCUT2D eigenvalue weighted by atomic mass is 16.5. The van der Waals surface area contributed by atoms with Crippen molar-refractivity contribution in [2.24, 2.45) is 17.8 Å². The fourth-order valence-corrected chi connectivity index (χ4v) is 2.58. The Kier molecular flexibility index (Phi) is 6.60. The van der Waals surface area contributed by atoms with Crippen molar-refractivity contribution in [3.8, 4) is 0 Å². The maximum atomic E-state index is 12.1. The molecule has 1 aliphatic rings. The van der Waals surface area contributed by atoms with Gasteiger partial charge in [-0.05, 0) is 39.0 Å². The molecule has 4 nitrogen and oxygen atoms in total. The number of carbonyl (C=O) groups is 2. The van der Waals surface area contributed by atoms with E-state index in [9.17, 15) is 9.59 Å². The van der Waals surface area contributed by atoms with Gasteiger partial charge >= 0.3 is 11.9 Å². The summed E-state index contributed by atoms with van der Waals surface area (Å²) in [5.41, 5.74) is 0. The number of allylic oxidation sites excluding steroid dienone is 2. The Morgan fingerprint density at radius 2 is 1.74 bits per heavy atom. The van der Waals surface area contributed by atoms with Crippen LogP contribution in [0.4, 0.5) is 0 Å². The number of ether oxygens (including phenoxy) is 2. The van der Waals surface area contributed by atoms with E-state index in [0.29, 0.717) is 19.6 Å². The Labute approximate surface area is 115 Å². The molecule has 0 fully saturated rings. The first-order valence-electron chi connectivity index (χ1n) is 7.10. The Morgan fingerprint density at radius 3 is 2.37 bits per heavy atom. The lowest BCUT2D eigenvalue weighted by molar-refractivity contribution is -0.163.